The normalized spacial score (nSPS) is 11.6. The van der Waals surface area contributed by atoms with Gasteiger partial charge in [0.25, 0.3) is 0 Å². The fourth-order valence-corrected chi connectivity index (χ4v) is 2.66. The van der Waals surface area contributed by atoms with Crippen LogP contribution in [0.1, 0.15) is 24.2 Å². The number of nitriles is 1. The zero-order chi connectivity index (χ0) is 13.4. The van der Waals surface area contributed by atoms with Crippen molar-refractivity contribution in [2.24, 2.45) is 0 Å². The van der Waals surface area contributed by atoms with Gasteiger partial charge in [-0.2, -0.15) is 5.26 Å². The van der Waals surface area contributed by atoms with E-state index in [9.17, 15) is 4.79 Å². The van der Waals surface area contributed by atoms with Gasteiger partial charge in [-0.25, -0.2) is 0 Å². The van der Waals surface area contributed by atoms with Crippen molar-refractivity contribution in [1.29, 1.82) is 5.26 Å². The molecule has 0 radical (unpaired) electrons. The number of carbonyl (C=O) groups excluding carboxylic acids is 1. The Kier molecular flexibility index (Phi) is 6.63. The van der Waals surface area contributed by atoms with Gasteiger partial charge in [-0.3, -0.25) is 4.79 Å². The molecule has 0 unspecified atom stereocenters. The summed E-state index contributed by atoms with van der Waals surface area (Å²) in [7, 11) is 0. The first kappa shape index (κ1) is 14.9. The van der Waals surface area contributed by atoms with Gasteiger partial charge in [0.05, 0.1) is 18.2 Å². The fraction of sp³-hybridized carbons (Fsp3) is 0.385. The Morgan fingerprint density at radius 3 is 2.94 bits per heavy atom. The molecule has 1 atom stereocenters. The molecule has 0 aliphatic carbocycles. The van der Waals surface area contributed by atoms with E-state index in [-0.39, 0.29) is 11.2 Å². The molecule has 18 heavy (non-hydrogen) atoms. The lowest BCUT2D eigenvalue weighted by Gasteiger charge is -2.12. The van der Waals surface area contributed by atoms with Crippen molar-refractivity contribution in [3.05, 3.63) is 34.9 Å². The number of carbonyl (C=O) groups is 1. The van der Waals surface area contributed by atoms with Crippen LogP contribution in [0, 0.1) is 11.3 Å². The molecule has 5 heteroatoms. The second-order valence-corrected chi connectivity index (χ2v) is 5.47. The van der Waals surface area contributed by atoms with Crippen LogP contribution in [0.3, 0.4) is 0 Å². The predicted molar refractivity (Wildman–Crippen MR) is 75.6 cm³/mol. The number of hydrogen-bond acceptors (Lipinski definition) is 3. The first-order valence-corrected chi connectivity index (χ1v) is 7.07. The smallest absolute Gasteiger partial charge is 0.230 e. The molecule has 1 N–H and O–H groups in total. The minimum atomic E-state index is -0.0471. The largest absolute Gasteiger partial charge is 0.354 e. The third-order valence-electron chi connectivity index (χ3n) is 2.37. The lowest BCUT2D eigenvalue weighted by atomic mass is 10.2. The van der Waals surface area contributed by atoms with Gasteiger partial charge in [0, 0.05) is 16.8 Å². The first-order valence-electron chi connectivity index (χ1n) is 5.65. The van der Waals surface area contributed by atoms with Gasteiger partial charge in [0.15, 0.2) is 0 Å². The minimum Gasteiger partial charge on any atom is -0.354 e. The Bertz CT molecular complexity index is 445. The molecule has 0 fully saturated rings. The quantitative estimate of drug-likeness (QED) is 0.816. The third kappa shape index (κ3) is 4.99. The second-order valence-electron chi connectivity index (χ2n) is 3.73. The summed E-state index contributed by atoms with van der Waals surface area (Å²) in [5.74, 6) is 0.326. The van der Waals surface area contributed by atoms with Gasteiger partial charge in [-0.05, 0) is 18.6 Å². The van der Waals surface area contributed by atoms with Gasteiger partial charge in [0.1, 0.15) is 0 Å². The summed E-state index contributed by atoms with van der Waals surface area (Å²) in [6, 6.07) is 9.62. The van der Waals surface area contributed by atoms with Crippen LogP contribution in [0.5, 0.6) is 0 Å². The molecule has 0 saturated carbocycles. The number of thioether (sulfide) groups is 1. The van der Waals surface area contributed by atoms with Crippen molar-refractivity contribution in [3.63, 3.8) is 0 Å². The molecule has 0 aliphatic heterocycles. The van der Waals surface area contributed by atoms with Crippen molar-refractivity contribution in [2.75, 3.05) is 12.3 Å². The average Bonchev–Trinajstić information content (AvgIpc) is 2.37. The standard InChI is InChI=1S/C13H15ClN2OS/c1-10(11-5-2-3-6-12(11)14)18-9-13(17)16-8-4-7-15/h2-3,5-6,10H,4,8-9H2,1H3,(H,16,17)/t10-/m1/s1. The summed E-state index contributed by atoms with van der Waals surface area (Å²) < 4.78 is 0. The molecule has 1 aromatic rings. The monoisotopic (exact) mass is 282 g/mol. The number of benzene rings is 1. The van der Waals surface area contributed by atoms with Crippen molar-refractivity contribution < 1.29 is 4.79 Å². The molecule has 0 spiro atoms. The van der Waals surface area contributed by atoms with Gasteiger partial charge in [0.2, 0.25) is 5.91 Å². The van der Waals surface area contributed by atoms with Crippen LogP contribution in [-0.2, 0) is 4.79 Å². The van der Waals surface area contributed by atoms with Gasteiger partial charge in [-0.15, -0.1) is 11.8 Å². The summed E-state index contributed by atoms with van der Waals surface area (Å²) in [5, 5.41) is 11.9. The van der Waals surface area contributed by atoms with E-state index in [1.165, 1.54) is 11.8 Å². The highest BCUT2D eigenvalue weighted by atomic mass is 35.5. The van der Waals surface area contributed by atoms with Gasteiger partial charge in [-0.1, -0.05) is 29.8 Å². The lowest BCUT2D eigenvalue weighted by molar-refractivity contribution is -0.118. The van der Waals surface area contributed by atoms with Crippen molar-refractivity contribution in [1.82, 2.24) is 5.32 Å². The topological polar surface area (TPSA) is 52.9 Å². The summed E-state index contributed by atoms with van der Waals surface area (Å²) in [5.41, 5.74) is 1.04. The van der Waals surface area contributed by atoms with Crippen molar-refractivity contribution in [3.8, 4) is 6.07 Å². The molecule has 0 heterocycles. The third-order valence-corrected chi connectivity index (χ3v) is 3.89. The van der Waals surface area contributed by atoms with E-state index in [1.54, 1.807) is 0 Å². The van der Waals surface area contributed by atoms with Crippen molar-refractivity contribution in [2.45, 2.75) is 18.6 Å². The van der Waals surface area contributed by atoms with Crippen LogP contribution < -0.4 is 5.32 Å². The number of nitrogens with one attached hydrogen (secondary N) is 1. The SMILES string of the molecule is C[C@@H](SCC(=O)NCCC#N)c1ccccc1Cl. The highest BCUT2D eigenvalue weighted by Gasteiger charge is 2.11. The van der Waals surface area contributed by atoms with E-state index in [0.29, 0.717) is 18.7 Å². The predicted octanol–water partition coefficient (Wildman–Crippen LogP) is 3.16. The molecule has 1 amide bonds. The summed E-state index contributed by atoms with van der Waals surface area (Å²) in [6.07, 6.45) is 0.344. The Morgan fingerprint density at radius 2 is 2.28 bits per heavy atom. The molecule has 96 valence electrons. The molecule has 1 aromatic carbocycles. The van der Waals surface area contributed by atoms with E-state index < -0.39 is 0 Å². The number of halogens is 1. The molecule has 1 rings (SSSR count). The van der Waals surface area contributed by atoms with E-state index in [2.05, 4.69) is 5.32 Å². The number of rotatable bonds is 6. The maximum atomic E-state index is 11.5. The molecule has 0 saturated heterocycles. The first-order chi connectivity index (χ1) is 8.65. The Labute approximate surface area is 117 Å². The summed E-state index contributed by atoms with van der Waals surface area (Å²) in [6.45, 7) is 2.44. The molecule has 0 aliphatic rings. The highest BCUT2D eigenvalue weighted by Crippen LogP contribution is 2.32. The van der Waals surface area contributed by atoms with E-state index >= 15 is 0 Å². The van der Waals surface area contributed by atoms with E-state index in [1.807, 2.05) is 37.3 Å². The maximum absolute atomic E-state index is 11.5. The van der Waals surface area contributed by atoms with Crippen LogP contribution in [0.2, 0.25) is 5.02 Å². The zero-order valence-electron chi connectivity index (χ0n) is 10.1. The second kappa shape index (κ2) is 8.02. The highest BCUT2D eigenvalue weighted by molar-refractivity contribution is 8.00. The van der Waals surface area contributed by atoms with E-state index in [4.69, 9.17) is 16.9 Å². The number of nitrogens with zero attached hydrogens (tertiary/aromatic N) is 1. The summed E-state index contributed by atoms with van der Waals surface area (Å²) in [4.78, 5) is 11.5. The zero-order valence-corrected chi connectivity index (χ0v) is 11.7. The van der Waals surface area contributed by atoms with Crippen LogP contribution in [0.25, 0.3) is 0 Å². The van der Waals surface area contributed by atoms with Crippen molar-refractivity contribution >= 4 is 29.3 Å². The molecule has 0 aromatic heterocycles. The summed E-state index contributed by atoms with van der Waals surface area (Å²) >= 11 is 7.62. The van der Waals surface area contributed by atoms with Crippen LogP contribution >= 0.6 is 23.4 Å². The minimum absolute atomic E-state index is 0.0471. The fourth-order valence-electron chi connectivity index (χ4n) is 1.40. The van der Waals surface area contributed by atoms with Gasteiger partial charge >= 0.3 is 0 Å². The van der Waals surface area contributed by atoms with Crippen LogP contribution in [0.15, 0.2) is 24.3 Å². The molecule has 0 bridgehead atoms. The maximum Gasteiger partial charge on any atom is 0.230 e. The van der Waals surface area contributed by atoms with Crippen LogP contribution in [0.4, 0.5) is 0 Å². The molecular weight excluding hydrogens is 268 g/mol. The Morgan fingerprint density at radius 1 is 1.56 bits per heavy atom. The Hall–Kier alpha value is -1.18. The lowest BCUT2D eigenvalue weighted by Crippen LogP contribution is -2.26. The molecular formula is C13H15ClN2OS. The van der Waals surface area contributed by atoms with E-state index in [0.717, 1.165) is 10.6 Å². The number of hydrogen-bond donors (Lipinski definition) is 1. The Balaban J connectivity index is 2.38. The number of amides is 1. The van der Waals surface area contributed by atoms with Gasteiger partial charge < -0.3 is 5.32 Å². The molecule has 3 nitrogen and oxygen atoms in total. The van der Waals surface area contributed by atoms with Crippen LogP contribution in [-0.4, -0.2) is 18.2 Å². The average molecular weight is 283 g/mol.